The molecule has 142 valence electrons. The third-order valence-corrected chi connectivity index (χ3v) is 4.86. The highest BCUT2D eigenvalue weighted by Crippen LogP contribution is 2.18. The summed E-state index contributed by atoms with van der Waals surface area (Å²) in [7, 11) is 0. The molecule has 0 radical (unpaired) electrons. The van der Waals surface area contributed by atoms with Crippen molar-refractivity contribution in [1.29, 1.82) is 0 Å². The molecule has 1 fully saturated rings. The SMILES string of the molecule is CCC(=O)NC1CCCN(C(=O)c2ccc(-c3cccc(C)c3)[nH]c2=O)C1. The molecule has 1 saturated heterocycles. The fourth-order valence-corrected chi connectivity index (χ4v) is 3.40. The second-order valence-corrected chi connectivity index (χ2v) is 7.00. The number of rotatable bonds is 4. The largest absolute Gasteiger partial charge is 0.352 e. The summed E-state index contributed by atoms with van der Waals surface area (Å²) in [6.07, 6.45) is 2.07. The maximum absolute atomic E-state index is 12.8. The summed E-state index contributed by atoms with van der Waals surface area (Å²) in [5, 5.41) is 2.94. The molecular weight excluding hydrogens is 342 g/mol. The van der Waals surface area contributed by atoms with Gasteiger partial charge in [0.1, 0.15) is 5.56 Å². The maximum atomic E-state index is 12.8. The lowest BCUT2D eigenvalue weighted by molar-refractivity contribution is -0.121. The number of benzene rings is 1. The Labute approximate surface area is 158 Å². The summed E-state index contributed by atoms with van der Waals surface area (Å²) in [6.45, 7) is 4.82. The van der Waals surface area contributed by atoms with Gasteiger partial charge in [0.2, 0.25) is 5.91 Å². The monoisotopic (exact) mass is 367 g/mol. The first-order valence-corrected chi connectivity index (χ1v) is 9.37. The number of carbonyl (C=O) groups excluding carboxylic acids is 2. The molecule has 0 bridgehead atoms. The van der Waals surface area contributed by atoms with Gasteiger partial charge in [-0.2, -0.15) is 0 Å². The normalized spacial score (nSPS) is 16.8. The topological polar surface area (TPSA) is 82.3 Å². The Morgan fingerprint density at radius 1 is 1.26 bits per heavy atom. The molecule has 2 aromatic rings. The van der Waals surface area contributed by atoms with Crippen LogP contribution in [0.15, 0.2) is 41.2 Å². The summed E-state index contributed by atoms with van der Waals surface area (Å²) in [4.78, 5) is 41.4. The van der Waals surface area contributed by atoms with Gasteiger partial charge in [-0.15, -0.1) is 0 Å². The van der Waals surface area contributed by atoms with E-state index in [0.29, 0.717) is 25.2 Å². The summed E-state index contributed by atoms with van der Waals surface area (Å²) < 4.78 is 0. The van der Waals surface area contributed by atoms with Gasteiger partial charge in [-0.3, -0.25) is 14.4 Å². The second kappa shape index (κ2) is 8.20. The van der Waals surface area contributed by atoms with E-state index >= 15 is 0 Å². The van der Waals surface area contributed by atoms with Gasteiger partial charge < -0.3 is 15.2 Å². The first-order valence-electron chi connectivity index (χ1n) is 9.37. The number of nitrogens with zero attached hydrogens (tertiary/aromatic N) is 1. The lowest BCUT2D eigenvalue weighted by atomic mass is 10.0. The molecule has 2 N–H and O–H groups in total. The number of nitrogens with one attached hydrogen (secondary N) is 2. The molecule has 1 atom stereocenters. The quantitative estimate of drug-likeness (QED) is 0.871. The van der Waals surface area contributed by atoms with E-state index in [1.807, 2.05) is 31.2 Å². The number of carbonyl (C=O) groups is 2. The lowest BCUT2D eigenvalue weighted by Crippen LogP contribution is -2.50. The van der Waals surface area contributed by atoms with Crippen molar-refractivity contribution in [3.05, 3.63) is 57.9 Å². The lowest BCUT2D eigenvalue weighted by Gasteiger charge is -2.33. The minimum absolute atomic E-state index is 0.0188. The van der Waals surface area contributed by atoms with Crippen molar-refractivity contribution in [3.63, 3.8) is 0 Å². The van der Waals surface area contributed by atoms with Gasteiger partial charge in [0.15, 0.2) is 0 Å². The van der Waals surface area contributed by atoms with Crippen molar-refractivity contribution in [2.24, 2.45) is 0 Å². The molecule has 6 heteroatoms. The van der Waals surface area contributed by atoms with Gasteiger partial charge in [-0.25, -0.2) is 0 Å². The Bertz CT molecular complexity index is 904. The molecule has 1 unspecified atom stereocenters. The number of likely N-dealkylation sites (tertiary alicyclic amines) is 1. The first kappa shape index (κ1) is 18.9. The van der Waals surface area contributed by atoms with E-state index in [9.17, 15) is 14.4 Å². The van der Waals surface area contributed by atoms with Crippen LogP contribution in [-0.4, -0.2) is 40.8 Å². The molecule has 0 aliphatic carbocycles. The van der Waals surface area contributed by atoms with Gasteiger partial charge in [0.05, 0.1) is 0 Å². The van der Waals surface area contributed by atoms with Crippen LogP contribution in [0.1, 0.15) is 42.1 Å². The maximum Gasteiger partial charge on any atom is 0.261 e. The van der Waals surface area contributed by atoms with E-state index in [4.69, 9.17) is 0 Å². The van der Waals surface area contributed by atoms with Crippen LogP contribution in [0, 0.1) is 6.92 Å². The van der Waals surface area contributed by atoms with Crippen LogP contribution >= 0.6 is 0 Å². The van der Waals surface area contributed by atoms with Crippen LogP contribution in [0.5, 0.6) is 0 Å². The smallest absolute Gasteiger partial charge is 0.261 e. The number of pyridine rings is 1. The van der Waals surface area contributed by atoms with Crippen LogP contribution in [0.3, 0.4) is 0 Å². The van der Waals surface area contributed by atoms with E-state index in [1.165, 1.54) is 0 Å². The summed E-state index contributed by atoms with van der Waals surface area (Å²) in [6, 6.07) is 11.1. The fourth-order valence-electron chi connectivity index (χ4n) is 3.40. The number of aryl methyl sites for hydroxylation is 1. The van der Waals surface area contributed by atoms with Crippen molar-refractivity contribution in [2.75, 3.05) is 13.1 Å². The fraction of sp³-hybridized carbons (Fsp3) is 0.381. The molecule has 2 amide bonds. The molecule has 6 nitrogen and oxygen atoms in total. The van der Waals surface area contributed by atoms with E-state index in [-0.39, 0.29) is 23.4 Å². The summed E-state index contributed by atoms with van der Waals surface area (Å²) >= 11 is 0. The third kappa shape index (κ3) is 4.45. The molecular formula is C21H25N3O3. The van der Waals surface area contributed by atoms with Gasteiger partial charge in [0, 0.05) is 31.2 Å². The van der Waals surface area contributed by atoms with Crippen LogP contribution < -0.4 is 10.9 Å². The molecule has 1 aromatic heterocycles. The van der Waals surface area contributed by atoms with Crippen LogP contribution in [0.2, 0.25) is 0 Å². The van der Waals surface area contributed by atoms with Gasteiger partial charge in [-0.05, 0) is 43.5 Å². The standard InChI is InChI=1S/C21H25N3O3/c1-3-19(25)22-16-8-5-11-24(13-16)21(27)17-9-10-18(23-20(17)26)15-7-4-6-14(2)12-15/h4,6-7,9-10,12,16H,3,5,8,11,13H2,1-2H3,(H,22,25)(H,23,26). The summed E-state index contributed by atoms with van der Waals surface area (Å²) in [5.41, 5.74) is 2.44. The minimum Gasteiger partial charge on any atom is -0.352 e. The molecule has 2 heterocycles. The van der Waals surface area contributed by atoms with Crippen LogP contribution in [0.25, 0.3) is 11.3 Å². The van der Waals surface area contributed by atoms with Crippen molar-refractivity contribution in [3.8, 4) is 11.3 Å². The van der Waals surface area contributed by atoms with Gasteiger partial charge in [0.25, 0.3) is 11.5 Å². The zero-order valence-electron chi connectivity index (χ0n) is 15.7. The number of hydrogen-bond acceptors (Lipinski definition) is 3. The van der Waals surface area contributed by atoms with Crippen molar-refractivity contribution in [2.45, 2.75) is 39.2 Å². The highest BCUT2D eigenvalue weighted by molar-refractivity contribution is 5.94. The van der Waals surface area contributed by atoms with E-state index in [0.717, 1.165) is 24.0 Å². The van der Waals surface area contributed by atoms with Crippen molar-refractivity contribution in [1.82, 2.24) is 15.2 Å². The average molecular weight is 367 g/mol. The predicted molar refractivity (Wildman–Crippen MR) is 105 cm³/mol. The Balaban J connectivity index is 1.77. The number of hydrogen-bond donors (Lipinski definition) is 2. The second-order valence-electron chi connectivity index (χ2n) is 7.00. The van der Waals surface area contributed by atoms with Crippen LogP contribution in [-0.2, 0) is 4.79 Å². The first-order chi connectivity index (χ1) is 13.0. The molecule has 0 saturated carbocycles. The third-order valence-electron chi connectivity index (χ3n) is 4.86. The zero-order valence-corrected chi connectivity index (χ0v) is 15.7. The molecule has 1 aliphatic rings. The number of amides is 2. The van der Waals surface area contributed by atoms with Crippen molar-refractivity contribution < 1.29 is 9.59 Å². The Hall–Kier alpha value is -2.89. The number of aromatic amines is 1. The summed E-state index contributed by atoms with van der Waals surface area (Å²) in [5.74, 6) is -0.308. The molecule has 0 spiro atoms. The van der Waals surface area contributed by atoms with E-state index in [1.54, 1.807) is 24.0 Å². The minimum atomic E-state index is -0.390. The Morgan fingerprint density at radius 3 is 2.78 bits per heavy atom. The predicted octanol–water partition coefficient (Wildman–Crippen LogP) is 2.48. The van der Waals surface area contributed by atoms with Gasteiger partial charge in [-0.1, -0.05) is 30.7 Å². The molecule has 3 rings (SSSR count). The highest BCUT2D eigenvalue weighted by atomic mass is 16.2. The number of aromatic nitrogens is 1. The Morgan fingerprint density at radius 2 is 2.07 bits per heavy atom. The van der Waals surface area contributed by atoms with E-state index < -0.39 is 5.56 Å². The molecule has 27 heavy (non-hydrogen) atoms. The average Bonchev–Trinajstić information content (AvgIpc) is 2.67. The van der Waals surface area contributed by atoms with E-state index in [2.05, 4.69) is 10.3 Å². The van der Waals surface area contributed by atoms with Gasteiger partial charge >= 0.3 is 0 Å². The number of H-pyrrole nitrogens is 1. The molecule has 1 aromatic carbocycles. The van der Waals surface area contributed by atoms with Crippen LogP contribution in [0.4, 0.5) is 0 Å². The number of piperidine rings is 1. The highest BCUT2D eigenvalue weighted by Gasteiger charge is 2.26. The Kier molecular flexibility index (Phi) is 5.74. The van der Waals surface area contributed by atoms with Crippen molar-refractivity contribution >= 4 is 11.8 Å². The zero-order chi connectivity index (χ0) is 19.4. The molecule has 1 aliphatic heterocycles.